The number of rotatable bonds is 7. The zero-order chi connectivity index (χ0) is 16.7. The van der Waals surface area contributed by atoms with Gasteiger partial charge in [0.1, 0.15) is 11.4 Å². The normalized spacial score (nSPS) is 15.0. The molecule has 0 aromatic heterocycles. The molecule has 0 aliphatic heterocycles. The number of anilines is 1. The van der Waals surface area contributed by atoms with Crippen molar-refractivity contribution in [3.8, 4) is 5.75 Å². The number of ether oxygens (including phenoxy) is 1. The molecular formula is C16H23N3O4. The minimum Gasteiger partial charge on any atom is -0.497 e. The van der Waals surface area contributed by atoms with Crippen LogP contribution in [0.3, 0.4) is 0 Å². The highest BCUT2D eigenvalue weighted by Crippen LogP contribution is 2.28. The monoisotopic (exact) mass is 321 g/mol. The van der Waals surface area contributed by atoms with Gasteiger partial charge >= 0.3 is 0 Å². The van der Waals surface area contributed by atoms with Crippen molar-refractivity contribution in [1.82, 2.24) is 5.32 Å². The molecule has 23 heavy (non-hydrogen) atoms. The first kappa shape index (κ1) is 17.1. The summed E-state index contributed by atoms with van der Waals surface area (Å²) in [5.74, 6) is 0.755. The number of benzene rings is 1. The van der Waals surface area contributed by atoms with Gasteiger partial charge < -0.3 is 15.4 Å². The minimum absolute atomic E-state index is 0.00981. The lowest BCUT2D eigenvalue weighted by Gasteiger charge is -2.20. The van der Waals surface area contributed by atoms with Crippen LogP contribution in [0.15, 0.2) is 18.2 Å². The van der Waals surface area contributed by atoms with Crippen LogP contribution in [0.1, 0.15) is 32.1 Å². The third-order valence-electron chi connectivity index (χ3n) is 4.12. The van der Waals surface area contributed by atoms with Crippen LogP contribution in [0.2, 0.25) is 0 Å². The fraction of sp³-hybridized carbons (Fsp3) is 0.562. The minimum atomic E-state index is -0.442. The number of carbonyl (C=O) groups excluding carboxylic acids is 1. The fourth-order valence-corrected chi connectivity index (χ4v) is 2.83. The lowest BCUT2D eigenvalue weighted by atomic mass is 9.89. The number of nitro benzene ring substituents is 1. The predicted octanol–water partition coefficient (Wildman–Crippen LogP) is 2.71. The third kappa shape index (κ3) is 4.84. The van der Waals surface area contributed by atoms with Crippen molar-refractivity contribution < 1.29 is 14.5 Å². The van der Waals surface area contributed by atoms with Gasteiger partial charge in [0.15, 0.2) is 0 Å². The molecule has 1 aliphatic rings. The second-order valence-corrected chi connectivity index (χ2v) is 5.69. The van der Waals surface area contributed by atoms with Crippen LogP contribution in [-0.2, 0) is 4.79 Å². The van der Waals surface area contributed by atoms with Gasteiger partial charge in [0.25, 0.3) is 5.69 Å². The summed E-state index contributed by atoms with van der Waals surface area (Å²) in [6.07, 6.45) is 5.37. The summed E-state index contributed by atoms with van der Waals surface area (Å²) in [5, 5.41) is 16.9. The highest BCUT2D eigenvalue weighted by Gasteiger charge is 2.20. The van der Waals surface area contributed by atoms with E-state index in [0.717, 1.165) is 25.7 Å². The van der Waals surface area contributed by atoms with E-state index in [9.17, 15) is 14.9 Å². The highest BCUT2D eigenvalue weighted by molar-refractivity contribution is 5.78. The fourth-order valence-electron chi connectivity index (χ4n) is 2.83. The first-order chi connectivity index (χ1) is 11.1. The molecule has 0 heterocycles. The Kier molecular flexibility index (Phi) is 6.19. The van der Waals surface area contributed by atoms with Crippen molar-refractivity contribution in [3.63, 3.8) is 0 Å². The van der Waals surface area contributed by atoms with Crippen LogP contribution in [0.4, 0.5) is 11.4 Å². The maximum Gasteiger partial charge on any atom is 0.292 e. The van der Waals surface area contributed by atoms with E-state index in [2.05, 4.69) is 10.6 Å². The van der Waals surface area contributed by atoms with E-state index in [0.29, 0.717) is 24.5 Å². The lowest BCUT2D eigenvalue weighted by Crippen LogP contribution is -2.35. The average molecular weight is 321 g/mol. The summed E-state index contributed by atoms with van der Waals surface area (Å²) in [6, 6.07) is 4.54. The molecule has 2 N–H and O–H groups in total. The molecule has 0 unspecified atom stereocenters. The number of hydrogen-bond acceptors (Lipinski definition) is 5. The summed E-state index contributed by atoms with van der Waals surface area (Å²) >= 11 is 0. The lowest BCUT2D eigenvalue weighted by molar-refractivity contribution is -0.384. The molecule has 1 amide bonds. The quantitative estimate of drug-likeness (QED) is 0.457. The molecule has 1 saturated carbocycles. The smallest absolute Gasteiger partial charge is 0.292 e. The van der Waals surface area contributed by atoms with Gasteiger partial charge in [0.05, 0.1) is 12.0 Å². The Hall–Kier alpha value is -2.31. The number of methoxy groups -OCH3 is 1. The Morgan fingerprint density at radius 1 is 1.30 bits per heavy atom. The molecule has 0 spiro atoms. The molecule has 2 rings (SSSR count). The Morgan fingerprint density at radius 2 is 2.04 bits per heavy atom. The molecule has 1 aliphatic carbocycles. The number of nitrogens with zero attached hydrogens (tertiary/aromatic N) is 1. The number of nitro groups is 1. The van der Waals surface area contributed by atoms with Crippen LogP contribution in [-0.4, -0.2) is 31.0 Å². The summed E-state index contributed by atoms with van der Waals surface area (Å²) in [6.45, 7) is 0.857. The van der Waals surface area contributed by atoms with Crippen molar-refractivity contribution in [2.45, 2.75) is 32.1 Å². The van der Waals surface area contributed by atoms with Crippen LogP contribution < -0.4 is 15.4 Å². The largest absolute Gasteiger partial charge is 0.497 e. The zero-order valence-corrected chi connectivity index (χ0v) is 13.3. The molecule has 126 valence electrons. The maximum absolute atomic E-state index is 12.0. The molecule has 0 bridgehead atoms. The Bertz CT molecular complexity index is 556. The van der Waals surface area contributed by atoms with Crippen LogP contribution >= 0.6 is 0 Å². The number of carbonyl (C=O) groups is 1. The highest BCUT2D eigenvalue weighted by atomic mass is 16.6. The van der Waals surface area contributed by atoms with Crippen molar-refractivity contribution in [3.05, 3.63) is 28.3 Å². The van der Waals surface area contributed by atoms with E-state index < -0.39 is 4.92 Å². The van der Waals surface area contributed by atoms with Crippen LogP contribution in [0.5, 0.6) is 5.75 Å². The summed E-state index contributed by atoms with van der Waals surface area (Å²) in [5.41, 5.74) is 0.380. The van der Waals surface area contributed by atoms with Crippen molar-refractivity contribution in [2.24, 2.45) is 5.92 Å². The topological polar surface area (TPSA) is 93.5 Å². The first-order valence-corrected chi connectivity index (χ1v) is 7.96. The van der Waals surface area contributed by atoms with Gasteiger partial charge in [-0.25, -0.2) is 0 Å². The summed E-state index contributed by atoms with van der Waals surface area (Å²) in [4.78, 5) is 22.6. The molecule has 1 fully saturated rings. The van der Waals surface area contributed by atoms with Crippen molar-refractivity contribution >= 4 is 17.3 Å². The number of hydrogen-bond donors (Lipinski definition) is 2. The summed E-state index contributed by atoms with van der Waals surface area (Å²) < 4.78 is 5.08. The van der Waals surface area contributed by atoms with E-state index in [1.165, 1.54) is 19.6 Å². The van der Waals surface area contributed by atoms with Gasteiger partial charge in [-0.15, -0.1) is 0 Å². The standard InChI is InChI=1S/C16H23N3O4/c1-23-13-7-8-15(19(21)22)14(11-13)17-9-10-18-16(20)12-5-3-2-4-6-12/h7-8,11-12,17H,2-6,9-10H2,1H3,(H,18,20). The van der Waals surface area contributed by atoms with E-state index >= 15 is 0 Å². The van der Waals surface area contributed by atoms with Gasteiger partial charge in [0.2, 0.25) is 5.91 Å². The van der Waals surface area contributed by atoms with Crippen LogP contribution in [0.25, 0.3) is 0 Å². The Morgan fingerprint density at radius 3 is 2.70 bits per heavy atom. The Balaban J connectivity index is 1.83. The number of amides is 1. The van der Waals surface area contributed by atoms with Gasteiger partial charge in [-0.1, -0.05) is 19.3 Å². The molecule has 1 aromatic carbocycles. The first-order valence-electron chi connectivity index (χ1n) is 7.96. The molecule has 0 atom stereocenters. The zero-order valence-electron chi connectivity index (χ0n) is 13.3. The number of nitrogens with one attached hydrogen (secondary N) is 2. The van der Waals surface area contributed by atoms with E-state index in [4.69, 9.17) is 4.74 Å². The molecule has 7 heteroatoms. The van der Waals surface area contributed by atoms with Crippen LogP contribution in [0, 0.1) is 16.0 Å². The van der Waals surface area contributed by atoms with Crippen molar-refractivity contribution in [1.29, 1.82) is 0 Å². The molecule has 0 radical (unpaired) electrons. The molecule has 0 saturated heterocycles. The van der Waals surface area contributed by atoms with E-state index in [-0.39, 0.29) is 17.5 Å². The van der Waals surface area contributed by atoms with Gasteiger partial charge in [-0.3, -0.25) is 14.9 Å². The van der Waals surface area contributed by atoms with Gasteiger partial charge in [0, 0.05) is 31.1 Å². The average Bonchev–Trinajstić information content (AvgIpc) is 2.58. The van der Waals surface area contributed by atoms with Gasteiger partial charge in [-0.05, 0) is 18.9 Å². The van der Waals surface area contributed by atoms with E-state index in [1.54, 1.807) is 12.1 Å². The molecule has 7 nitrogen and oxygen atoms in total. The third-order valence-corrected chi connectivity index (χ3v) is 4.12. The Labute approximate surface area is 135 Å². The summed E-state index contributed by atoms with van der Waals surface area (Å²) in [7, 11) is 1.51. The molecule has 1 aromatic rings. The van der Waals surface area contributed by atoms with Gasteiger partial charge in [-0.2, -0.15) is 0 Å². The van der Waals surface area contributed by atoms with Crippen molar-refractivity contribution in [2.75, 3.05) is 25.5 Å². The second-order valence-electron chi connectivity index (χ2n) is 5.69. The predicted molar refractivity (Wildman–Crippen MR) is 87.7 cm³/mol. The molecular weight excluding hydrogens is 298 g/mol. The SMILES string of the molecule is COc1ccc([N+](=O)[O-])c(NCCNC(=O)C2CCCCC2)c1. The second kappa shape index (κ2) is 8.36. The maximum atomic E-state index is 12.0. The van der Waals surface area contributed by atoms with E-state index in [1.807, 2.05) is 0 Å².